The molecule has 1 atom stereocenters. The molecule has 0 nitrogen and oxygen atoms in total. The molecular weight excluding hydrogens is 234 g/mol. The minimum absolute atomic E-state index is 0.113. The molecule has 0 aliphatic heterocycles. The Morgan fingerprint density at radius 3 is 2.87 bits per heavy atom. The lowest BCUT2D eigenvalue weighted by atomic mass is 10.0. The average molecular weight is 245 g/mol. The van der Waals surface area contributed by atoms with Crippen molar-refractivity contribution in [2.75, 3.05) is 0 Å². The second-order valence-corrected chi connectivity index (χ2v) is 4.79. The van der Waals surface area contributed by atoms with Crippen molar-refractivity contribution in [3.8, 4) is 0 Å². The van der Waals surface area contributed by atoms with Crippen LogP contribution in [-0.4, -0.2) is 5.38 Å². The smallest absolute Gasteiger partial charge is 0.126 e. The second-order valence-electron chi connectivity index (χ2n) is 3.79. The lowest BCUT2D eigenvalue weighted by molar-refractivity contribution is 0.612. The maximum absolute atomic E-state index is 13.4. The topological polar surface area (TPSA) is 0 Å². The zero-order chi connectivity index (χ0) is 10.8. The van der Waals surface area contributed by atoms with Gasteiger partial charge in [0.1, 0.15) is 5.82 Å². The Morgan fingerprint density at radius 2 is 2.20 bits per heavy atom. The van der Waals surface area contributed by atoms with Crippen molar-refractivity contribution < 1.29 is 4.39 Å². The van der Waals surface area contributed by atoms with Gasteiger partial charge in [-0.25, -0.2) is 4.39 Å². The highest BCUT2D eigenvalue weighted by Crippen LogP contribution is 2.27. The van der Waals surface area contributed by atoms with E-state index in [4.69, 9.17) is 23.2 Å². The Bertz CT molecular complexity index is 399. The van der Waals surface area contributed by atoms with Gasteiger partial charge in [-0.2, -0.15) is 0 Å². The first-order valence-corrected chi connectivity index (χ1v) is 5.74. The summed E-state index contributed by atoms with van der Waals surface area (Å²) in [5.74, 6) is -0.196. The fourth-order valence-electron chi connectivity index (χ4n) is 1.82. The number of hydrogen-bond acceptors (Lipinski definition) is 0. The van der Waals surface area contributed by atoms with E-state index in [9.17, 15) is 4.39 Å². The Kier molecular flexibility index (Phi) is 3.32. The first-order chi connectivity index (χ1) is 7.15. The maximum Gasteiger partial charge on any atom is 0.126 e. The maximum atomic E-state index is 13.4. The third-order valence-electron chi connectivity index (χ3n) is 2.58. The molecule has 0 aromatic heterocycles. The summed E-state index contributed by atoms with van der Waals surface area (Å²) in [6, 6.07) is 4.65. The highest BCUT2D eigenvalue weighted by atomic mass is 35.5. The van der Waals surface area contributed by atoms with Crippen LogP contribution < -0.4 is 0 Å². The molecule has 0 saturated heterocycles. The molecule has 15 heavy (non-hydrogen) atoms. The van der Waals surface area contributed by atoms with Crippen molar-refractivity contribution in [2.45, 2.75) is 24.6 Å². The molecule has 1 aliphatic rings. The quantitative estimate of drug-likeness (QED) is 0.536. The summed E-state index contributed by atoms with van der Waals surface area (Å²) in [4.78, 5) is 0. The molecule has 3 heteroatoms. The van der Waals surface area contributed by atoms with Crippen LogP contribution in [-0.2, 0) is 6.42 Å². The van der Waals surface area contributed by atoms with Crippen molar-refractivity contribution in [3.05, 3.63) is 46.3 Å². The Hall–Kier alpha value is -0.530. The summed E-state index contributed by atoms with van der Waals surface area (Å²) in [5.41, 5.74) is 1.86. The molecule has 0 fully saturated rings. The molecule has 0 amide bonds. The van der Waals surface area contributed by atoms with Crippen molar-refractivity contribution in [1.29, 1.82) is 0 Å². The fourth-order valence-corrected chi connectivity index (χ4v) is 2.30. The van der Waals surface area contributed by atoms with Crippen LogP contribution in [0.25, 0.3) is 0 Å². The third-order valence-corrected chi connectivity index (χ3v) is 3.16. The van der Waals surface area contributed by atoms with Crippen LogP contribution in [0.1, 0.15) is 18.4 Å². The largest absolute Gasteiger partial charge is 0.207 e. The van der Waals surface area contributed by atoms with Crippen molar-refractivity contribution in [2.24, 2.45) is 0 Å². The monoisotopic (exact) mass is 244 g/mol. The second kappa shape index (κ2) is 4.54. The van der Waals surface area contributed by atoms with E-state index >= 15 is 0 Å². The van der Waals surface area contributed by atoms with Gasteiger partial charge < -0.3 is 0 Å². The van der Waals surface area contributed by atoms with E-state index < -0.39 is 0 Å². The summed E-state index contributed by atoms with van der Waals surface area (Å²) in [5, 5.41) is 0.690. The Labute approximate surface area is 98.7 Å². The summed E-state index contributed by atoms with van der Waals surface area (Å²) in [7, 11) is 0. The highest BCUT2D eigenvalue weighted by molar-refractivity contribution is 6.30. The number of allylic oxidation sites excluding steroid dienone is 2. The fraction of sp³-hybridized carbons (Fsp3) is 0.333. The molecule has 1 aromatic carbocycles. The molecule has 0 spiro atoms. The van der Waals surface area contributed by atoms with Gasteiger partial charge in [0.25, 0.3) is 0 Å². The van der Waals surface area contributed by atoms with Crippen molar-refractivity contribution in [3.63, 3.8) is 0 Å². The van der Waals surface area contributed by atoms with Gasteiger partial charge in [-0.05, 0) is 43.0 Å². The van der Waals surface area contributed by atoms with Crippen molar-refractivity contribution >= 4 is 23.2 Å². The van der Waals surface area contributed by atoms with Gasteiger partial charge in [0.05, 0.1) is 5.38 Å². The van der Waals surface area contributed by atoms with E-state index in [1.165, 1.54) is 11.6 Å². The molecule has 0 N–H and O–H groups in total. The van der Waals surface area contributed by atoms with Crippen LogP contribution in [0.15, 0.2) is 29.8 Å². The van der Waals surface area contributed by atoms with Gasteiger partial charge >= 0.3 is 0 Å². The van der Waals surface area contributed by atoms with Crippen molar-refractivity contribution in [1.82, 2.24) is 0 Å². The van der Waals surface area contributed by atoms with Crippen LogP contribution in [0, 0.1) is 5.82 Å². The molecule has 1 unspecified atom stereocenters. The predicted molar refractivity (Wildman–Crippen MR) is 62.1 cm³/mol. The number of alkyl halides is 1. The van der Waals surface area contributed by atoms with E-state index in [-0.39, 0.29) is 11.2 Å². The number of hydrogen-bond donors (Lipinski definition) is 0. The Balaban J connectivity index is 2.17. The summed E-state index contributed by atoms with van der Waals surface area (Å²) < 4.78 is 13.4. The van der Waals surface area contributed by atoms with Gasteiger partial charge in [-0.3, -0.25) is 0 Å². The summed E-state index contributed by atoms with van der Waals surface area (Å²) in [6.45, 7) is 0. The van der Waals surface area contributed by atoms with Crippen LogP contribution in [0.4, 0.5) is 4.39 Å². The molecule has 0 saturated carbocycles. The first kappa shape index (κ1) is 11.0. The van der Waals surface area contributed by atoms with Gasteiger partial charge in [0.15, 0.2) is 0 Å². The number of rotatable bonds is 2. The lowest BCUT2D eigenvalue weighted by Gasteiger charge is -2.04. The molecular formula is C12H11Cl2F. The van der Waals surface area contributed by atoms with E-state index in [0.29, 0.717) is 17.0 Å². The Morgan fingerprint density at radius 1 is 1.40 bits per heavy atom. The standard InChI is InChI=1S/C12H11Cl2F/c13-10-2-1-8(6-10)5-9-7-11(14)3-4-12(9)15/h3-4,6-7,10H,1-2,5H2. The van der Waals surface area contributed by atoms with E-state index in [0.717, 1.165) is 12.8 Å². The first-order valence-electron chi connectivity index (χ1n) is 4.93. The molecule has 1 aliphatic carbocycles. The zero-order valence-corrected chi connectivity index (χ0v) is 9.65. The van der Waals surface area contributed by atoms with Crippen LogP contribution in [0.2, 0.25) is 5.02 Å². The summed E-state index contributed by atoms with van der Waals surface area (Å²) >= 11 is 11.8. The van der Waals surface area contributed by atoms with Gasteiger partial charge in [0, 0.05) is 5.02 Å². The minimum Gasteiger partial charge on any atom is -0.207 e. The van der Waals surface area contributed by atoms with Crippen LogP contribution in [0.5, 0.6) is 0 Å². The minimum atomic E-state index is -0.196. The van der Waals surface area contributed by atoms with Crippen LogP contribution >= 0.6 is 23.2 Å². The SMILES string of the molecule is Fc1ccc(Cl)cc1CC1=CC(Cl)CC1. The number of benzene rings is 1. The average Bonchev–Trinajstić information content (AvgIpc) is 2.58. The van der Waals surface area contributed by atoms with Gasteiger partial charge in [-0.1, -0.05) is 23.3 Å². The molecule has 0 heterocycles. The van der Waals surface area contributed by atoms with E-state index in [2.05, 4.69) is 0 Å². The molecule has 0 radical (unpaired) electrons. The lowest BCUT2D eigenvalue weighted by Crippen LogP contribution is -1.92. The van der Waals surface area contributed by atoms with Crippen LogP contribution in [0.3, 0.4) is 0 Å². The molecule has 80 valence electrons. The normalized spacial score (nSPS) is 20.5. The van der Waals surface area contributed by atoms with E-state index in [1.54, 1.807) is 12.1 Å². The number of halogens is 3. The third kappa shape index (κ3) is 2.73. The van der Waals surface area contributed by atoms with E-state index in [1.807, 2.05) is 6.08 Å². The van der Waals surface area contributed by atoms with Gasteiger partial charge in [-0.15, -0.1) is 11.6 Å². The highest BCUT2D eigenvalue weighted by Gasteiger charge is 2.14. The molecule has 1 aromatic rings. The van der Waals surface area contributed by atoms with Gasteiger partial charge in [0.2, 0.25) is 0 Å². The summed E-state index contributed by atoms with van der Waals surface area (Å²) in [6.07, 6.45) is 4.55. The predicted octanol–water partition coefficient (Wildman–Crippen LogP) is 4.35. The zero-order valence-electron chi connectivity index (χ0n) is 8.14. The molecule has 0 bridgehead atoms. The molecule has 2 rings (SSSR count).